The highest BCUT2D eigenvalue weighted by molar-refractivity contribution is 5.96. The van der Waals surface area contributed by atoms with E-state index in [-0.39, 0.29) is 17.7 Å². The van der Waals surface area contributed by atoms with E-state index in [1.165, 1.54) is 0 Å². The Kier molecular flexibility index (Phi) is 7.11. The lowest BCUT2D eigenvalue weighted by Crippen LogP contribution is -2.36. The Morgan fingerprint density at radius 2 is 1.85 bits per heavy atom. The highest BCUT2D eigenvalue weighted by atomic mass is 16.5. The van der Waals surface area contributed by atoms with Gasteiger partial charge in [0.2, 0.25) is 5.91 Å². The molecule has 0 radical (unpaired) electrons. The number of aromatic nitrogens is 1. The molecule has 2 aromatic rings. The van der Waals surface area contributed by atoms with Crippen LogP contribution >= 0.6 is 0 Å². The molecule has 1 N–H and O–H groups in total. The van der Waals surface area contributed by atoms with Gasteiger partial charge in [0.25, 0.3) is 0 Å². The Morgan fingerprint density at radius 3 is 2.56 bits per heavy atom. The predicted molar refractivity (Wildman–Crippen MR) is 103 cm³/mol. The molecule has 1 fully saturated rings. The second-order valence-electron chi connectivity index (χ2n) is 6.92. The number of nitrogens with one attached hydrogen (secondary N) is 1. The van der Waals surface area contributed by atoms with Gasteiger partial charge >= 0.3 is 0 Å². The molecule has 1 saturated heterocycles. The number of pyridine rings is 1. The average Bonchev–Trinajstić information content (AvgIpc) is 2.74. The minimum absolute atomic E-state index is 0.0174. The van der Waals surface area contributed by atoms with Crippen molar-refractivity contribution in [1.29, 1.82) is 0 Å². The number of carbonyl (C=O) groups is 2. The normalized spacial score (nSPS) is 15.9. The van der Waals surface area contributed by atoms with Gasteiger partial charge in [0.15, 0.2) is 5.78 Å². The van der Waals surface area contributed by atoms with Crippen LogP contribution in [0.5, 0.6) is 0 Å². The number of ether oxygens (including phenoxy) is 1. The number of hydrogen-bond acceptors (Lipinski definition) is 4. The lowest BCUT2D eigenvalue weighted by molar-refractivity contribution is -0.122. The van der Waals surface area contributed by atoms with Crippen molar-refractivity contribution < 1.29 is 14.3 Å². The lowest BCUT2D eigenvalue weighted by atomic mass is 9.87. The topological polar surface area (TPSA) is 68.3 Å². The van der Waals surface area contributed by atoms with Crippen LogP contribution in [-0.2, 0) is 9.53 Å². The summed E-state index contributed by atoms with van der Waals surface area (Å²) in [5.41, 5.74) is 1.73. The Hall–Kier alpha value is -2.53. The smallest absolute Gasteiger partial charge is 0.220 e. The van der Waals surface area contributed by atoms with Gasteiger partial charge in [0.05, 0.1) is 6.04 Å². The van der Waals surface area contributed by atoms with Crippen molar-refractivity contribution in [3.05, 3.63) is 66.0 Å². The SMILES string of the molecule is O=C(CCCC(=O)c1ccccc1)NC(c1cccnc1)C1CCOCC1. The predicted octanol–water partition coefficient (Wildman–Crippen LogP) is 3.72. The van der Waals surface area contributed by atoms with Crippen LogP contribution in [0.3, 0.4) is 0 Å². The first-order valence-corrected chi connectivity index (χ1v) is 9.59. The van der Waals surface area contributed by atoms with Crippen LogP contribution in [0.4, 0.5) is 0 Å². The maximum atomic E-state index is 12.5. The molecule has 1 unspecified atom stereocenters. The van der Waals surface area contributed by atoms with Crippen LogP contribution in [0.1, 0.15) is 54.1 Å². The van der Waals surface area contributed by atoms with Gasteiger partial charge in [-0.25, -0.2) is 0 Å². The summed E-state index contributed by atoms with van der Waals surface area (Å²) in [4.78, 5) is 28.9. The van der Waals surface area contributed by atoms with Crippen LogP contribution in [-0.4, -0.2) is 29.9 Å². The van der Waals surface area contributed by atoms with Crippen molar-refractivity contribution in [1.82, 2.24) is 10.3 Å². The fourth-order valence-electron chi connectivity index (χ4n) is 3.51. The van der Waals surface area contributed by atoms with Gasteiger partial charge in [-0.2, -0.15) is 0 Å². The van der Waals surface area contributed by atoms with Gasteiger partial charge in [0, 0.05) is 44.0 Å². The number of carbonyl (C=O) groups excluding carboxylic acids is 2. The van der Waals surface area contributed by atoms with E-state index in [1.54, 1.807) is 6.20 Å². The van der Waals surface area contributed by atoms with E-state index in [0.717, 1.165) is 31.6 Å². The molecule has 0 saturated carbocycles. The third-order valence-electron chi connectivity index (χ3n) is 5.00. The zero-order valence-electron chi connectivity index (χ0n) is 15.5. The van der Waals surface area contributed by atoms with Gasteiger partial charge in [0.1, 0.15) is 0 Å². The number of hydrogen-bond donors (Lipinski definition) is 1. The first-order chi connectivity index (χ1) is 13.2. The molecule has 0 spiro atoms. The monoisotopic (exact) mass is 366 g/mol. The van der Waals surface area contributed by atoms with Gasteiger partial charge in [-0.3, -0.25) is 14.6 Å². The first-order valence-electron chi connectivity index (χ1n) is 9.59. The molecule has 0 aliphatic carbocycles. The molecule has 0 bridgehead atoms. The molecule has 142 valence electrons. The molecule has 1 amide bonds. The standard InChI is InChI=1S/C22H26N2O3/c25-20(17-6-2-1-3-7-17)9-4-10-21(26)24-22(18-11-14-27-15-12-18)19-8-5-13-23-16-19/h1-3,5-8,13,16,18,22H,4,9-12,14-15H2,(H,24,26). The second-order valence-corrected chi connectivity index (χ2v) is 6.92. The molecule has 1 atom stereocenters. The van der Waals surface area contributed by atoms with Crippen molar-refractivity contribution in [2.75, 3.05) is 13.2 Å². The highest BCUT2D eigenvalue weighted by Gasteiger charge is 2.27. The number of nitrogens with zero attached hydrogens (tertiary/aromatic N) is 1. The molecule has 1 aromatic heterocycles. The number of rotatable bonds is 8. The second kappa shape index (κ2) is 9.97. The van der Waals surface area contributed by atoms with Crippen LogP contribution in [0, 0.1) is 5.92 Å². The number of amides is 1. The molecule has 1 aliphatic heterocycles. The summed E-state index contributed by atoms with van der Waals surface area (Å²) >= 11 is 0. The van der Waals surface area contributed by atoms with Crippen molar-refractivity contribution in [2.24, 2.45) is 5.92 Å². The molecule has 1 aliphatic rings. The van der Waals surface area contributed by atoms with Crippen molar-refractivity contribution in [3.8, 4) is 0 Å². The number of Topliss-reactive ketones (excluding diaryl/α,β-unsaturated/α-hetero) is 1. The Bertz CT molecular complexity index is 728. The minimum Gasteiger partial charge on any atom is -0.381 e. The third-order valence-corrected chi connectivity index (χ3v) is 5.00. The maximum absolute atomic E-state index is 12.5. The van der Waals surface area contributed by atoms with Crippen molar-refractivity contribution in [3.63, 3.8) is 0 Å². The molecule has 1 aromatic carbocycles. The molecular formula is C22H26N2O3. The number of benzene rings is 1. The first kappa shape index (κ1) is 19.2. The minimum atomic E-state index is -0.0556. The summed E-state index contributed by atoms with van der Waals surface area (Å²) < 4.78 is 5.46. The largest absolute Gasteiger partial charge is 0.381 e. The van der Waals surface area contributed by atoms with Crippen LogP contribution in [0.2, 0.25) is 0 Å². The summed E-state index contributed by atoms with van der Waals surface area (Å²) in [5, 5.41) is 3.17. The zero-order chi connectivity index (χ0) is 18.9. The van der Waals surface area contributed by atoms with Crippen LogP contribution < -0.4 is 5.32 Å². The van der Waals surface area contributed by atoms with Gasteiger partial charge in [-0.15, -0.1) is 0 Å². The molecule has 27 heavy (non-hydrogen) atoms. The van der Waals surface area contributed by atoms with E-state index in [4.69, 9.17) is 4.74 Å². The van der Waals surface area contributed by atoms with Crippen molar-refractivity contribution >= 4 is 11.7 Å². The number of ketones is 1. The molecule has 3 rings (SSSR count). The zero-order valence-corrected chi connectivity index (χ0v) is 15.5. The molecule has 5 nitrogen and oxygen atoms in total. The third kappa shape index (κ3) is 5.73. The summed E-state index contributed by atoms with van der Waals surface area (Å²) in [5.74, 6) is 0.408. The fraction of sp³-hybridized carbons (Fsp3) is 0.409. The van der Waals surface area contributed by atoms with E-state index in [1.807, 2.05) is 48.7 Å². The van der Waals surface area contributed by atoms with E-state index in [2.05, 4.69) is 10.3 Å². The average molecular weight is 366 g/mol. The van der Waals surface area contributed by atoms with E-state index in [9.17, 15) is 9.59 Å². The molecule has 2 heterocycles. The summed E-state index contributed by atoms with van der Waals surface area (Å²) in [6.45, 7) is 1.45. The highest BCUT2D eigenvalue weighted by Crippen LogP contribution is 2.29. The summed E-state index contributed by atoms with van der Waals surface area (Å²) in [7, 11) is 0. The fourth-order valence-corrected chi connectivity index (χ4v) is 3.51. The van der Waals surface area contributed by atoms with Crippen LogP contribution in [0.25, 0.3) is 0 Å². The van der Waals surface area contributed by atoms with Gasteiger partial charge < -0.3 is 10.1 Å². The van der Waals surface area contributed by atoms with Crippen LogP contribution in [0.15, 0.2) is 54.9 Å². The maximum Gasteiger partial charge on any atom is 0.220 e. The molecule has 5 heteroatoms. The summed E-state index contributed by atoms with van der Waals surface area (Å²) in [6, 6.07) is 13.1. The van der Waals surface area contributed by atoms with E-state index < -0.39 is 0 Å². The summed E-state index contributed by atoms with van der Waals surface area (Å²) in [6.07, 6.45) is 6.68. The lowest BCUT2D eigenvalue weighted by Gasteiger charge is -2.31. The van der Waals surface area contributed by atoms with Gasteiger partial charge in [-0.05, 0) is 36.8 Å². The quantitative estimate of drug-likeness (QED) is 0.723. The Morgan fingerprint density at radius 1 is 1.07 bits per heavy atom. The van der Waals surface area contributed by atoms with Crippen molar-refractivity contribution in [2.45, 2.75) is 38.1 Å². The Labute approximate surface area is 160 Å². The molecular weight excluding hydrogens is 340 g/mol. The van der Waals surface area contributed by atoms with E-state index in [0.29, 0.717) is 30.7 Å². The van der Waals surface area contributed by atoms with Gasteiger partial charge in [-0.1, -0.05) is 36.4 Å². The van der Waals surface area contributed by atoms with E-state index >= 15 is 0 Å². The Balaban J connectivity index is 1.54.